The van der Waals surface area contributed by atoms with Crippen molar-refractivity contribution < 1.29 is 5.11 Å². The highest BCUT2D eigenvalue weighted by Crippen LogP contribution is 2.25. The summed E-state index contributed by atoms with van der Waals surface area (Å²) >= 11 is 11.8. The van der Waals surface area contributed by atoms with E-state index in [9.17, 15) is 0 Å². The van der Waals surface area contributed by atoms with Crippen molar-refractivity contribution in [1.82, 2.24) is 0 Å². The summed E-state index contributed by atoms with van der Waals surface area (Å²) in [5.41, 5.74) is 0.855. The molecule has 0 aliphatic carbocycles. The number of halogens is 2. The van der Waals surface area contributed by atoms with E-state index >= 15 is 0 Å². The maximum Gasteiger partial charge on any atom is 0.0652 e. The van der Waals surface area contributed by atoms with Crippen LogP contribution < -0.4 is 5.32 Å². The van der Waals surface area contributed by atoms with Gasteiger partial charge in [-0.3, -0.25) is 0 Å². The molecule has 1 atom stereocenters. The van der Waals surface area contributed by atoms with Crippen molar-refractivity contribution in [3.05, 3.63) is 28.2 Å². The number of benzene rings is 1. The van der Waals surface area contributed by atoms with E-state index in [4.69, 9.17) is 28.3 Å². The smallest absolute Gasteiger partial charge is 0.0652 e. The third kappa shape index (κ3) is 3.90. The van der Waals surface area contributed by atoms with E-state index in [1.165, 1.54) is 0 Å². The highest BCUT2D eigenvalue weighted by molar-refractivity contribution is 6.36. The van der Waals surface area contributed by atoms with E-state index < -0.39 is 0 Å². The van der Waals surface area contributed by atoms with Crippen LogP contribution in [-0.2, 0) is 0 Å². The Kier molecular flexibility index (Phi) is 5.23. The van der Waals surface area contributed by atoms with Gasteiger partial charge in [0.1, 0.15) is 0 Å². The Hall–Kier alpha value is -0.440. The molecule has 0 saturated heterocycles. The van der Waals surface area contributed by atoms with Gasteiger partial charge >= 0.3 is 0 Å². The third-order valence-electron chi connectivity index (χ3n) is 2.35. The summed E-state index contributed by atoms with van der Waals surface area (Å²) in [6.07, 6.45) is 0.939. The molecule has 2 nitrogen and oxygen atoms in total. The summed E-state index contributed by atoms with van der Waals surface area (Å²) in [5.74, 6) is 0.261. The average Bonchev–Trinajstić information content (AvgIpc) is 2.22. The van der Waals surface area contributed by atoms with E-state index in [1.807, 2.05) is 13.0 Å². The van der Waals surface area contributed by atoms with Crippen LogP contribution in [0.25, 0.3) is 0 Å². The molecule has 0 heterocycles. The van der Waals surface area contributed by atoms with E-state index in [2.05, 4.69) is 5.32 Å². The fourth-order valence-electron chi connectivity index (χ4n) is 1.23. The van der Waals surface area contributed by atoms with Gasteiger partial charge in [0.05, 0.1) is 10.7 Å². The average molecular weight is 248 g/mol. The topological polar surface area (TPSA) is 32.3 Å². The van der Waals surface area contributed by atoms with Crippen LogP contribution in [0.5, 0.6) is 0 Å². The summed E-state index contributed by atoms with van der Waals surface area (Å²) in [6, 6.07) is 5.33. The number of rotatable bonds is 5. The van der Waals surface area contributed by atoms with Gasteiger partial charge in [0, 0.05) is 18.2 Å². The molecule has 0 amide bonds. The Bertz CT molecular complexity index is 313. The fraction of sp³-hybridized carbons (Fsp3) is 0.455. The lowest BCUT2D eigenvalue weighted by Crippen LogP contribution is -2.17. The second-order valence-electron chi connectivity index (χ2n) is 3.46. The monoisotopic (exact) mass is 247 g/mol. The van der Waals surface area contributed by atoms with Gasteiger partial charge in [-0.05, 0) is 30.5 Å². The molecule has 0 aromatic heterocycles. The van der Waals surface area contributed by atoms with E-state index in [0.29, 0.717) is 16.6 Å². The summed E-state index contributed by atoms with van der Waals surface area (Å²) in [6.45, 7) is 2.95. The van der Waals surface area contributed by atoms with Crippen LogP contribution >= 0.6 is 23.2 Å². The highest BCUT2D eigenvalue weighted by atomic mass is 35.5. The van der Waals surface area contributed by atoms with Crippen LogP contribution in [-0.4, -0.2) is 18.3 Å². The molecule has 2 N–H and O–H groups in total. The zero-order chi connectivity index (χ0) is 11.3. The van der Waals surface area contributed by atoms with E-state index in [0.717, 1.165) is 12.1 Å². The number of hydrogen-bond acceptors (Lipinski definition) is 2. The SMILES string of the molecule is CCC(CO)CNc1ccc(Cl)cc1Cl. The van der Waals surface area contributed by atoms with Crippen molar-refractivity contribution in [3.8, 4) is 0 Å². The number of hydrogen-bond donors (Lipinski definition) is 2. The Labute approximate surface area is 100 Å². The summed E-state index contributed by atoms with van der Waals surface area (Å²) in [4.78, 5) is 0. The maximum atomic E-state index is 9.02. The van der Waals surface area contributed by atoms with Gasteiger partial charge in [-0.1, -0.05) is 30.1 Å². The van der Waals surface area contributed by atoms with Gasteiger partial charge in [-0.25, -0.2) is 0 Å². The van der Waals surface area contributed by atoms with Gasteiger partial charge in [0.2, 0.25) is 0 Å². The molecule has 1 unspecified atom stereocenters. The van der Waals surface area contributed by atoms with Crippen molar-refractivity contribution in [2.45, 2.75) is 13.3 Å². The first kappa shape index (κ1) is 12.6. The molecule has 15 heavy (non-hydrogen) atoms. The molecule has 0 radical (unpaired) electrons. The molecule has 0 spiro atoms. The zero-order valence-corrected chi connectivity index (χ0v) is 10.1. The van der Waals surface area contributed by atoms with Gasteiger partial charge < -0.3 is 10.4 Å². The minimum absolute atomic E-state index is 0.189. The normalized spacial score (nSPS) is 12.5. The molecule has 1 aromatic rings. The first-order valence-electron chi connectivity index (χ1n) is 4.97. The van der Waals surface area contributed by atoms with E-state index in [-0.39, 0.29) is 12.5 Å². The van der Waals surface area contributed by atoms with E-state index in [1.54, 1.807) is 12.1 Å². The minimum atomic E-state index is 0.189. The second-order valence-corrected chi connectivity index (χ2v) is 4.31. The van der Waals surface area contributed by atoms with Crippen LogP contribution in [0.15, 0.2) is 18.2 Å². The van der Waals surface area contributed by atoms with Crippen molar-refractivity contribution in [2.75, 3.05) is 18.5 Å². The summed E-state index contributed by atoms with van der Waals surface area (Å²) < 4.78 is 0. The van der Waals surface area contributed by atoms with Crippen LogP contribution in [0, 0.1) is 5.92 Å². The number of aliphatic hydroxyl groups is 1. The maximum absolute atomic E-state index is 9.02. The first-order valence-corrected chi connectivity index (χ1v) is 5.72. The molecule has 1 rings (SSSR count). The largest absolute Gasteiger partial charge is 0.396 e. The molecule has 0 aliphatic rings. The van der Waals surface area contributed by atoms with Crippen molar-refractivity contribution in [2.24, 2.45) is 5.92 Å². The number of nitrogens with one attached hydrogen (secondary N) is 1. The molecule has 0 aliphatic heterocycles. The minimum Gasteiger partial charge on any atom is -0.396 e. The van der Waals surface area contributed by atoms with Gasteiger partial charge in [-0.2, -0.15) is 0 Å². The Morgan fingerprint density at radius 1 is 1.40 bits per heavy atom. The lowest BCUT2D eigenvalue weighted by Gasteiger charge is -2.14. The van der Waals surface area contributed by atoms with Crippen LogP contribution in [0.4, 0.5) is 5.69 Å². The quantitative estimate of drug-likeness (QED) is 0.836. The molecule has 0 saturated carbocycles. The predicted molar refractivity (Wildman–Crippen MR) is 65.8 cm³/mol. The van der Waals surface area contributed by atoms with Gasteiger partial charge in [0.15, 0.2) is 0 Å². The van der Waals surface area contributed by atoms with Crippen LogP contribution in [0.3, 0.4) is 0 Å². The Morgan fingerprint density at radius 2 is 2.13 bits per heavy atom. The summed E-state index contributed by atoms with van der Waals surface area (Å²) in [5, 5.41) is 13.4. The Balaban J connectivity index is 2.57. The van der Waals surface area contributed by atoms with Gasteiger partial charge in [0.25, 0.3) is 0 Å². The van der Waals surface area contributed by atoms with Crippen molar-refractivity contribution in [1.29, 1.82) is 0 Å². The molecular weight excluding hydrogens is 233 g/mol. The lowest BCUT2D eigenvalue weighted by molar-refractivity contribution is 0.230. The molecule has 1 aromatic carbocycles. The van der Waals surface area contributed by atoms with Crippen molar-refractivity contribution in [3.63, 3.8) is 0 Å². The molecular formula is C11H15Cl2NO. The first-order chi connectivity index (χ1) is 7.17. The number of aliphatic hydroxyl groups excluding tert-OH is 1. The lowest BCUT2D eigenvalue weighted by atomic mass is 10.1. The molecule has 0 fully saturated rings. The third-order valence-corrected chi connectivity index (χ3v) is 2.90. The fourth-order valence-corrected chi connectivity index (χ4v) is 1.70. The molecule has 0 bridgehead atoms. The zero-order valence-electron chi connectivity index (χ0n) is 8.63. The highest BCUT2D eigenvalue weighted by Gasteiger charge is 2.06. The number of anilines is 1. The van der Waals surface area contributed by atoms with Crippen molar-refractivity contribution >= 4 is 28.9 Å². The Morgan fingerprint density at radius 3 is 2.67 bits per heavy atom. The van der Waals surface area contributed by atoms with Crippen LogP contribution in [0.2, 0.25) is 10.0 Å². The van der Waals surface area contributed by atoms with Gasteiger partial charge in [-0.15, -0.1) is 0 Å². The van der Waals surface area contributed by atoms with Crippen LogP contribution in [0.1, 0.15) is 13.3 Å². The second kappa shape index (κ2) is 6.21. The predicted octanol–water partition coefficient (Wildman–Crippen LogP) is 3.42. The summed E-state index contributed by atoms with van der Waals surface area (Å²) in [7, 11) is 0. The molecule has 4 heteroatoms. The molecule has 84 valence electrons. The standard InChI is InChI=1S/C11H15Cl2NO/c1-2-8(7-15)6-14-11-4-3-9(12)5-10(11)13/h3-5,8,14-15H,2,6-7H2,1H3.